The van der Waals surface area contributed by atoms with Gasteiger partial charge in [-0.1, -0.05) is 11.6 Å². The van der Waals surface area contributed by atoms with Crippen LogP contribution >= 0.6 is 11.6 Å². The van der Waals surface area contributed by atoms with E-state index < -0.39 is 0 Å². The molecular weight excluding hydrogens is 329 g/mol. The van der Waals surface area contributed by atoms with E-state index in [0.717, 1.165) is 18.6 Å². The number of ether oxygens (including phenoxy) is 2. The number of benzene rings is 2. The van der Waals surface area contributed by atoms with Gasteiger partial charge in [0.1, 0.15) is 29.2 Å². The van der Waals surface area contributed by atoms with Gasteiger partial charge in [-0.25, -0.2) is 4.39 Å². The monoisotopic (exact) mass is 347 g/mol. The summed E-state index contributed by atoms with van der Waals surface area (Å²) in [6.07, 6.45) is 4.78. The van der Waals surface area contributed by atoms with Crippen molar-refractivity contribution in [1.82, 2.24) is 5.32 Å². The number of nitrogens with one attached hydrogen (secondary N) is 1. The first kappa shape index (κ1) is 15.7. The van der Waals surface area contributed by atoms with E-state index in [4.69, 9.17) is 21.1 Å². The van der Waals surface area contributed by atoms with Crippen LogP contribution in [0.25, 0.3) is 0 Å². The number of halogens is 2. The van der Waals surface area contributed by atoms with E-state index in [1.54, 1.807) is 24.3 Å². The molecule has 126 valence electrons. The molecule has 3 nitrogen and oxygen atoms in total. The van der Waals surface area contributed by atoms with Gasteiger partial charge in [0.05, 0.1) is 5.02 Å². The fourth-order valence-corrected chi connectivity index (χ4v) is 3.71. The summed E-state index contributed by atoms with van der Waals surface area (Å²) < 4.78 is 24.9. The second-order valence-corrected chi connectivity index (χ2v) is 6.90. The Balaban J connectivity index is 1.47. The van der Waals surface area contributed by atoms with Gasteiger partial charge in [0.15, 0.2) is 0 Å². The maximum atomic E-state index is 13.0. The van der Waals surface area contributed by atoms with Crippen LogP contribution in [0, 0.1) is 5.82 Å². The third kappa shape index (κ3) is 3.50. The highest BCUT2D eigenvalue weighted by atomic mass is 35.5. The van der Waals surface area contributed by atoms with E-state index in [9.17, 15) is 4.39 Å². The maximum absolute atomic E-state index is 13.0. The van der Waals surface area contributed by atoms with Crippen LogP contribution in [0.3, 0.4) is 0 Å². The molecule has 0 amide bonds. The Hall–Kier alpha value is -1.78. The Bertz CT molecular complexity index is 710. The molecule has 1 unspecified atom stereocenters. The van der Waals surface area contributed by atoms with Crippen molar-refractivity contribution in [3.8, 4) is 17.2 Å². The topological polar surface area (TPSA) is 30.5 Å². The molecule has 0 spiro atoms. The molecule has 2 fully saturated rings. The minimum absolute atomic E-state index is 0.226. The molecule has 2 aromatic carbocycles. The summed E-state index contributed by atoms with van der Waals surface area (Å²) in [4.78, 5) is 0. The third-order valence-corrected chi connectivity index (χ3v) is 4.99. The van der Waals surface area contributed by atoms with E-state index in [-0.39, 0.29) is 11.9 Å². The van der Waals surface area contributed by atoms with Crippen LogP contribution < -0.4 is 14.8 Å². The summed E-state index contributed by atoms with van der Waals surface area (Å²) in [5.74, 6) is 1.50. The highest BCUT2D eigenvalue weighted by molar-refractivity contribution is 6.32. The molecule has 3 atom stereocenters. The first-order valence-corrected chi connectivity index (χ1v) is 8.69. The normalized spacial score (nSPS) is 25.5. The van der Waals surface area contributed by atoms with Gasteiger partial charge in [-0.2, -0.15) is 0 Å². The predicted molar refractivity (Wildman–Crippen MR) is 91.5 cm³/mol. The summed E-state index contributed by atoms with van der Waals surface area (Å²) >= 11 is 6.21. The molecule has 2 aromatic rings. The molecule has 2 saturated heterocycles. The van der Waals surface area contributed by atoms with Crippen molar-refractivity contribution in [3.63, 3.8) is 0 Å². The van der Waals surface area contributed by atoms with Crippen molar-refractivity contribution >= 4 is 11.6 Å². The fraction of sp³-hybridized carbons (Fsp3) is 0.368. The van der Waals surface area contributed by atoms with Crippen molar-refractivity contribution in [3.05, 3.63) is 53.3 Å². The van der Waals surface area contributed by atoms with Gasteiger partial charge in [0.2, 0.25) is 0 Å². The van der Waals surface area contributed by atoms with Crippen molar-refractivity contribution in [2.45, 2.75) is 43.9 Å². The highest BCUT2D eigenvalue weighted by Crippen LogP contribution is 2.35. The molecule has 2 bridgehead atoms. The van der Waals surface area contributed by atoms with Crippen LogP contribution in [0.5, 0.6) is 17.2 Å². The quantitative estimate of drug-likeness (QED) is 0.850. The van der Waals surface area contributed by atoms with E-state index in [1.165, 1.54) is 25.0 Å². The summed E-state index contributed by atoms with van der Waals surface area (Å²) in [6.45, 7) is 0. The second-order valence-electron chi connectivity index (χ2n) is 6.50. The molecule has 4 rings (SSSR count). The van der Waals surface area contributed by atoms with E-state index >= 15 is 0 Å². The molecule has 2 heterocycles. The minimum Gasteiger partial charge on any atom is -0.490 e. The Morgan fingerprint density at radius 3 is 2.33 bits per heavy atom. The van der Waals surface area contributed by atoms with Crippen molar-refractivity contribution < 1.29 is 13.9 Å². The third-order valence-electron chi connectivity index (χ3n) is 4.68. The minimum atomic E-state index is -0.300. The van der Waals surface area contributed by atoms with Crippen LogP contribution in [0.15, 0.2) is 42.5 Å². The van der Waals surface area contributed by atoms with Crippen LogP contribution in [0.2, 0.25) is 5.02 Å². The first-order chi connectivity index (χ1) is 11.7. The SMILES string of the molecule is Fc1ccc(Oc2cc(OC3C[C@H]4CC[C@@H](C3)N4)ccc2Cl)cc1. The fourth-order valence-electron chi connectivity index (χ4n) is 3.56. The largest absolute Gasteiger partial charge is 0.490 e. The van der Waals surface area contributed by atoms with Crippen LogP contribution in [-0.4, -0.2) is 18.2 Å². The van der Waals surface area contributed by atoms with Crippen LogP contribution in [0.1, 0.15) is 25.7 Å². The van der Waals surface area contributed by atoms with Gasteiger partial charge < -0.3 is 14.8 Å². The average Bonchev–Trinajstić information content (AvgIpc) is 2.91. The van der Waals surface area contributed by atoms with E-state index in [1.807, 2.05) is 6.07 Å². The van der Waals surface area contributed by atoms with Gasteiger partial charge in [-0.15, -0.1) is 0 Å². The standard InChI is InChI=1S/C19H19ClFNO2/c20-18-8-7-16(23-17-9-13-3-4-14(10-17)22-13)11-19(18)24-15-5-1-12(21)2-6-15/h1-2,5-8,11,13-14,17,22H,3-4,9-10H2/t13-,14+,17?. The second kappa shape index (κ2) is 6.61. The molecule has 0 aromatic heterocycles. The van der Waals surface area contributed by atoms with E-state index in [0.29, 0.717) is 28.6 Å². The van der Waals surface area contributed by atoms with Crippen molar-refractivity contribution in [2.24, 2.45) is 0 Å². The molecular formula is C19H19ClFNO2. The molecule has 2 aliphatic rings. The Morgan fingerprint density at radius 2 is 1.62 bits per heavy atom. The average molecular weight is 348 g/mol. The molecule has 0 saturated carbocycles. The molecule has 0 radical (unpaired) electrons. The number of piperidine rings is 1. The van der Waals surface area contributed by atoms with Crippen LogP contribution in [0.4, 0.5) is 4.39 Å². The van der Waals surface area contributed by atoms with Gasteiger partial charge >= 0.3 is 0 Å². The van der Waals surface area contributed by atoms with Gasteiger partial charge in [-0.05, 0) is 62.1 Å². The lowest BCUT2D eigenvalue weighted by Gasteiger charge is -2.29. The molecule has 1 N–H and O–H groups in total. The van der Waals surface area contributed by atoms with Gasteiger partial charge in [0, 0.05) is 18.2 Å². The maximum Gasteiger partial charge on any atom is 0.149 e. The molecule has 0 aliphatic carbocycles. The lowest BCUT2D eigenvalue weighted by atomic mass is 10.0. The zero-order chi connectivity index (χ0) is 16.5. The molecule has 24 heavy (non-hydrogen) atoms. The predicted octanol–water partition coefficient (Wildman–Crippen LogP) is 4.93. The zero-order valence-corrected chi connectivity index (χ0v) is 13.9. The number of hydrogen-bond donors (Lipinski definition) is 1. The Kier molecular flexibility index (Phi) is 4.33. The van der Waals surface area contributed by atoms with Crippen molar-refractivity contribution in [2.75, 3.05) is 0 Å². The van der Waals surface area contributed by atoms with Crippen LogP contribution in [-0.2, 0) is 0 Å². The molecule has 2 aliphatic heterocycles. The lowest BCUT2D eigenvalue weighted by Crippen LogP contribution is -2.42. The lowest BCUT2D eigenvalue weighted by molar-refractivity contribution is 0.137. The van der Waals surface area contributed by atoms with E-state index in [2.05, 4.69) is 5.32 Å². The number of fused-ring (bicyclic) bond motifs is 2. The smallest absolute Gasteiger partial charge is 0.149 e. The molecule has 5 heteroatoms. The van der Waals surface area contributed by atoms with Gasteiger partial charge in [-0.3, -0.25) is 0 Å². The highest BCUT2D eigenvalue weighted by Gasteiger charge is 2.34. The number of hydrogen-bond acceptors (Lipinski definition) is 3. The van der Waals surface area contributed by atoms with Crippen molar-refractivity contribution in [1.29, 1.82) is 0 Å². The summed E-state index contributed by atoms with van der Waals surface area (Å²) in [7, 11) is 0. The Labute approximate surface area is 145 Å². The summed E-state index contributed by atoms with van der Waals surface area (Å²) in [5.41, 5.74) is 0. The first-order valence-electron chi connectivity index (χ1n) is 8.31. The van der Waals surface area contributed by atoms with Gasteiger partial charge in [0.25, 0.3) is 0 Å². The summed E-state index contributed by atoms with van der Waals surface area (Å²) in [6, 6.07) is 12.5. The summed E-state index contributed by atoms with van der Waals surface area (Å²) in [5, 5.41) is 4.10. The number of rotatable bonds is 4. The zero-order valence-electron chi connectivity index (χ0n) is 13.2. The Morgan fingerprint density at radius 1 is 0.958 bits per heavy atom.